The second-order valence-electron chi connectivity index (χ2n) is 6.96. The molecule has 1 aromatic carbocycles. The van der Waals surface area contributed by atoms with E-state index in [0.717, 1.165) is 11.5 Å². The van der Waals surface area contributed by atoms with Crippen LogP contribution in [0.4, 0.5) is 19.0 Å². The van der Waals surface area contributed by atoms with Crippen LogP contribution in [0.1, 0.15) is 18.1 Å². The van der Waals surface area contributed by atoms with Gasteiger partial charge in [0, 0.05) is 13.5 Å². The minimum atomic E-state index is -5.35. The number of anilines is 1. The summed E-state index contributed by atoms with van der Waals surface area (Å²) >= 11 is 0. The molecule has 1 unspecified atom stereocenters. The second-order valence-corrected chi connectivity index (χ2v) is 6.96. The van der Waals surface area contributed by atoms with Gasteiger partial charge < -0.3 is 20.1 Å². The third kappa shape index (κ3) is 3.59. The Hall–Kier alpha value is -3.77. The van der Waals surface area contributed by atoms with Crippen molar-refractivity contribution in [1.29, 1.82) is 0 Å². The number of halogens is 3. The van der Waals surface area contributed by atoms with E-state index < -0.39 is 46.2 Å². The monoisotopic (exact) mass is 456 g/mol. The molecule has 0 saturated carbocycles. The number of amides is 2. The van der Waals surface area contributed by atoms with E-state index in [1.165, 1.54) is 14.2 Å². The summed E-state index contributed by atoms with van der Waals surface area (Å²) < 4.78 is 53.1. The van der Waals surface area contributed by atoms with Gasteiger partial charge in [0.2, 0.25) is 11.4 Å². The number of hydrogen-bond donors (Lipinski definition) is 3. The Morgan fingerprint density at radius 3 is 2.38 bits per heavy atom. The van der Waals surface area contributed by atoms with Crippen molar-refractivity contribution in [3.05, 3.63) is 50.2 Å². The van der Waals surface area contributed by atoms with Crippen LogP contribution in [-0.4, -0.2) is 41.8 Å². The van der Waals surface area contributed by atoms with Crippen LogP contribution in [0.25, 0.3) is 0 Å². The summed E-state index contributed by atoms with van der Waals surface area (Å²) in [6, 6.07) is 4.89. The molecule has 0 radical (unpaired) electrons. The Kier molecular flexibility index (Phi) is 5.76. The number of ether oxygens (including phenoxy) is 2. The standard InChI is InChI=1S/C19H19F3N4O6/c1-9(27)25-18(19(20,21)22)13-14(23-16(18)29)26(17(30)24-15(13)28)7-6-10-4-5-11(31-2)12(8-10)32-3/h4-5,8H,6-7H2,1-3H3,(H,23,29)(H,25,27)(H,24,28,30). The van der Waals surface area contributed by atoms with Crippen molar-refractivity contribution in [2.45, 2.75) is 31.6 Å². The Balaban J connectivity index is 2.10. The molecule has 32 heavy (non-hydrogen) atoms. The molecule has 3 N–H and O–H groups in total. The number of aromatic nitrogens is 2. The van der Waals surface area contributed by atoms with Gasteiger partial charge in [0.1, 0.15) is 11.4 Å². The molecular weight excluding hydrogens is 437 g/mol. The van der Waals surface area contributed by atoms with E-state index in [1.54, 1.807) is 28.5 Å². The summed E-state index contributed by atoms with van der Waals surface area (Å²) in [4.78, 5) is 50.5. The fourth-order valence-corrected chi connectivity index (χ4v) is 3.58. The maximum atomic E-state index is 14.0. The van der Waals surface area contributed by atoms with Crippen LogP contribution >= 0.6 is 0 Å². The topological polar surface area (TPSA) is 132 Å². The number of H-pyrrole nitrogens is 1. The summed E-state index contributed by atoms with van der Waals surface area (Å²) in [6.45, 7) is 0.585. The molecule has 13 heteroatoms. The number of carbonyl (C=O) groups is 2. The van der Waals surface area contributed by atoms with Gasteiger partial charge in [-0.2, -0.15) is 13.2 Å². The van der Waals surface area contributed by atoms with Gasteiger partial charge in [-0.1, -0.05) is 6.07 Å². The number of alkyl halides is 3. The first kappa shape index (κ1) is 22.9. The third-order valence-corrected chi connectivity index (χ3v) is 5.01. The number of nitrogens with zero attached hydrogens (tertiary/aromatic N) is 1. The van der Waals surface area contributed by atoms with Gasteiger partial charge in [0.25, 0.3) is 11.5 Å². The third-order valence-electron chi connectivity index (χ3n) is 5.01. The fourth-order valence-electron chi connectivity index (χ4n) is 3.58. The summed E-state index contributed by atoms with van der Waals surface area (Å²) in [5.74, 6) is -2.65. The van der Waals surface area contributed by atoms with Crippen LogP contribution in [0.5, 0.6) is 11.5 Å². The lowest BCUT2D eigenvalue weighted by Gasteiger charge is -2.29. The average molecular weight is 456 g/mol. The number of aromatic amines is 1. The van der Waals surface area contributed by atoms with E-state index in [2.05, 4.69) is 0 Å². The Labute approximate surface area is 178 Å². The molecule has 0 bridgehead atoms. The molecule has 10 nitrogen and oxygen atoms in total. The maximum Gasteiger partial charge on any atom is 0.425 e. The van der Waals surface area contributed by atoms with Crippen molar-refractivity contribution < 1.29 is 32.2 Å². The van der Waals surface area contributed by atoms with Crippen LogP contribution in [0, 0.1) is 0 Å². The van der Waals surface area contributed by atoms with Crippen molar-refractivity contribution in [2.24, 2.45) is 0 Å². The maximum absolute atomic E-state index is 14.0. The zero-order valence-corrected chi connectivity index (χ0v) is 17.2. The van der Waals surface area contributed by atoms with Gasteiger partial charge in [0.05, 0.1) is 14.2 Å². The smallest absolute Gasteiger partial charge is 0.425 e. The van der Waals surface area contributed by atoms with Crippen LogP contribution in [-0.2, 0) is 28.1 Å². The van der Waals surface area contributed by atoms with E-state index in [0.29, 0.717) is 17.1 Å². The molecule has 1 aliphatic rings. The number of nitrogens with one attached hydrogen (secondary N) is 3. The number of hydrogen-bond acceptors (Lipinski definition) is 6. The molecular formula is C19H19F3N4O6. The quantitative estimate of drug-likeness (QED) is 0.585. The molecule has 2 amide bonds. The molecule has 2 heterocycles. The highest BCUT2D eigenvalue weighted by Crippen LogP contribution is 2.44. The van der Waals surface area contributed by atoms with Gasteiger partial charge in [-0.25, -0.2) is 4.79 Å². The Morgan fingerprint density at radius 1 is 1.16 bits per heavy atom. The molecule has 1 aromatic heterocycles. The zero-order chi connectivity index (χ0) is 23.8. The van der Waals surface area contributed by atoms with Gasteiger partial charge in [-0.3, -0.25) is 23.9 Å². The van der Waals surface area contributed by atoms with Crippen molar-refractivity contribution >= 4 is 17.6 Å². The van der Waals surface area contributed by atoms with Gasteiger partial charge >= 0.3 is 11.9 Å². The van der Waals surface area contributed by atoms with Crippen molar-refractivity contribution in [3.8, 4) is 11.5 Å². The summed E-state index contributed by atoms with van der Waals surface area (Å²) in [7, 11) is 2.88. The fraction of sp³-hybridized carbons (Fsp3) is 0.368. The van der Waals surface area contributed by atoms with E-state index in [1.807, 2.05) is 5.32 Å². The van der Waals surface area contributed by atoms with Crippen LogP contribution in [0.3, 0.4) is 0 Å². The van der Waals surface area contributed by atoms with Crippen LogP contribution in [0.2, 0.25) is 0 Å². The van der Waals surface area contributed by atoms with Crippen molar-refractivity contribution in [2.75, 3.05) is 19.5 Å². The minimum absolute atomic E-state index is 0.133. The first-order chi connectivity index (χ1) is 15.0. The Bertz CT molecular complexity index is 1200. The second kappa shape index (κ2) is 8.05. The first-order valence-corrected chi connectivity index (χ1v) is 9.21. The highest BCUT2D eigenvalue weighted by atomic mass is 19.4. The molecule has 0 aliphatic carbocycles. The number of fused-ring (bicyclic) bond motifs is 1. The van der Waals surface area contributed by atoms with E-state index in [-0.39, 0.29) is 13.0 Å². The number of carbonyl (C=O) groups excluding carboxylic acids is 2. The normalized spacial score (nSPS) is 17.5. The van der Waals surface area contributed by atoms with Gasteiger partial charge in [-0.05, 0) is 24.1 Å². The molecule has 2 aromatic rings. The lowest BCUT2D eigenvalue weighted by atomic mass is 9.92. The highest BCUT2D eigenvalue weighted by molar-refractivity contribution is 6.07. The van der Waals surface area contributed by atoms with Crippen molar-refractivity contribution in [1.82, 2.24) is 14.9 Å². The molecule has 3 rings (SSSR count). The SMILES string of the molecule is COc1ccc(CCn2c3c(c(=O)[nH]c2=O)C(NC(C)=O)(C(F)(F)F)C(=O)N3)cc1OC. The number of aryl methyl sites for hydroxylation is 1. The number of methoxy groups -OCH3 is 2. The lowest BCUT2D eigenvalue weighted by molar-refractivity contribution is -0.200. The minimum Gasteiger partial charge on any atom is -0.493 e. The number of rotatable bonds is 6. The predicted molar refractivity (Wildman–Crippen MR) is 105 cm³/mol. The molecule has 1 atom stereocenters. The number of benzene rings is 1. The van der Waals surface area contributed by atoms with E-state index >= 15 is 0 Å². The van der Waals surface area contributed by atoms with E-state index in [4.69, 9.17) is 9.47 Å². The molecule has 0 fully saturated rings. The van der Waals surface area contributed by atoms with Gasteiger partial charge in [-0.15, -0.1) is 0 Å². The predicted octanol–water partition coefficient (Wildman–Crippen LogP) is 0.642. The van der Waals surface area contributed by atoms with Crippen LogP contribution < -0.4 is 31.4 Å². The largest absolute Gasteiger partial charge is 0.493 e. The molecule has 0 spiro atoms. The zero-order valence-electron chi connectivity index (χ0n) is 17.2. The van der Waals surface area contributed by atoms with Crippen LogP contribution in [0.15, 0.2) is 27.8 Å². The highest BCUT2D eigenvalue weighted by Gasteiger charge is 2.68. The lowest BCUT2D eigenvalue weighted by Crippen LogP contribution is -2.61. The van der Waals surface area contributed by atoms with Crippen molar-refractivity contribution in [3.63, 3.8) is 0 Å². The summed E-state index contributed by atoms with van der Waals surface area (Å²) in [5.41, 5.74) is -6.53. The molecule has 1 aliphatic heterocycles. The van der Waals surface area contributed by atoms with Gasteiger partial charge in [0.15, 0.2) is 11.5 Å². The first-order valence-electron chi connectivity index (χ1n) is 9.21. The van der Waals surface area contributed by atoms with E-state index in [9.17, 15) is 32.3 Å². The average Bonchev–Trinajstić information content (AvgIpc) is 3.00. The Morgan fingerprint density at radius 2 is 1.81 bits per heavy atom. The molecule has 0 saturated heterocycles. The summed E-state index contributed by atoms with van der Waals surface area (Å²) in [6.07, 6.45) is -5.22. The summed E-state index contributed by atoms with van der Waals surface area (Å²) in [5, 5.41) is 3.50. The molecule has 172 valence electrons.